The number of aryl methyl sites for hydroxylation is 1. The maximum absolute atomic E-state index is 12.0. The zero-order chi connectivity index (χ0) is 13.1. The number of rotatable bonds is 6. The lowest BCUT2D eigenvalue weighted by Crippen LogP contribution is -2.37. The molecular weight excluding hydrogens is 262 g/mol. The van der Waals surface area contributed by atoms with Gasteiger partial charge in [0.25, 0.3) is 10.0 Å². The molecule has 0 aromatic carbocycles. The molecule has 1 rings (SSSR count). The van der Waals surface area contributed by atoms with E-state index < -0.39 is 10.0 Å². The maximum atomic E-state index is 12.0. The van der Waals surface area contributed by atoms with E-state index in [1.165, 1.54) is 6.20 Å². The molecule has 0 spiro atoms. The molecule has 0 bridgehead atoms. The number of aromatic nitrogens is 2. The van der Waals surface area contributed by atoms with Crippen LogP contribution >= 0.6 is 11.6 Å². The first-order valence-electron chi connectivity index (χ1n) is 5.52. The highest BCUT2D eigenvalue weighted by molar-refractivity contribution is 7.89. The van der Waals surface area contributed by atoms with Crippen LogP contribution in [0.15, 0.2) is 11.2 Å². The number of nitrogens with zero attached hydrogens (tertiary/aromatic N) is 1. The Bertz CT molecular complexity index is 458. The Balaban J connectivity index is 2.81. The molecule has 0 saturated heterocycles. The molecule has 2 N–H and O–H groups in total. The maximum Gasteiger partial charge on any atom is 0.257 e. The lowest BCUT2D eigenvalue weighted by Gasteiger charge is -2.18. The van der Waals surface area contributed by atoms with Crippen molar-refractivity contribution in [3.05, 3.63) is 12.0 Å². The van der Waals surface area contributed by atoms with E-state index in [1.54, 1.807) is 6.92 Å². The van der Waals surface area contributed by atoms with E-state index in [0.717, 1.165) is 0 Å². The van der Waals surface area contributed by atoms with E-state index in [2.05, 4.69) is 14.7 Å². The third-order valence-electron chi connectivity index (χ3n) is 2.67. The zero-order valence-electron chi connectivity index (χ0n) is 10.2. The van der Waals surface area contributed by atoms with Gasteiger partial charge in [-0.3, -0.25) is 0 Å². The molecule has 0 radical (unpaired) electrons. The van der Waals surface area contributed by atoms with Crippen molar-refractivity contribution in [3.8, 4) is 0 Å². The van der Waals surface area contributed by atoms with Gasteiger partial charge in [0.1, 0.15) is 5.82 Å². The summed E-state index contributed by atoms with van der Waals surface area (Å²) >= 11 is 5.69. The lowest BCUT2D eigenvalue weighted by atomic mass is 10.1. The van der Waals surface area contributed by atoms with Gasteiger partial charge in [-0.05, 0) is 12.8 Å². The molecule has 0 fully saturated rings. The van der Waals surface area contributed by atoms with Crippen molar-refractivity contribution >= 4 is 21.6 Å². The zero-order valence-corrected chi connectivity index (χ0v) is 11.8. The molecule has 1 aromatic heterocycles. The van der Waals surface area contributed by atoms with Crippen molar-refractivity contribution in [3.63, 3.8) is 0 Å². The van der Waals surface area contributed by atoms with E-state index in [1.807, 2.05) is 13.8 Å². The van der Waals surface area contributed by atoms with Crippen molar-refractivity contribution in [1.29, 1.82) is 0 Å². The Hall–Kier alpha value is -0.590. The Kier molecular flexibility index (Phi) is 4.97. The van der Waals surface area contributed by atoms with Crippen LogP contribution in [0.5, 0.6) is 0 Å². The summed E-state index contributed by atoms with van der Waals surface area (Å²) in [5.41, 5.74) is 0. The fraction of sp³-hybridized carbons (Fsp3) is 0.700. The Labute approximate surface area is 107 Å². The summed E-state index contributed by atoms with van der Waals surface area (Å²) in [6.45, 7) is 5.59. The minimum Gasteiger partial charge on any atom is -0.332 e. The van der Waals surface area contributed by atoms with Crippen LogP contribution in [0.2, 0.25) is 0 Å². The second-order valence-electron chi connectivity index (χ2n) is 4.09. The summed E-state index contributed by atoms with van der Waals surface area (Å²) in [6.07, 6.45) is 2.00. The molecule has 2 atom stereocenters. The average Bonchev–Trinajstić information content (AvgIpc) is 2.76. The van der Waals surface area contributed by atoms with Crippen molar-refractivity contribution in [1.82, 2.24) is 14.7 Å². The second-order valence-corrected chi connectivity index (χ2v) is 6.08. The van der Waals surface area contributed by atoms with Crippen molar-refractivity contribution in [2.24, 2.45) is 5.92 Å². The van der Waals surface area contributed by atoms with Crippen LogP contribution in [0.25, 0.3) is 0 Å². The summed E-state index contributed by atoms with van der Waals surface area (Å²) < 4.78 is 26.5. The standard InChI is InChI=1S/C10H18ClN3O2S/c1-4-9-12-6-10(13-9)17(15,16)14-8(3)7(2)5-11/h6-8,14H,4-5H2,1-3H3,(H,12,13). The monoisotopic (exact) mass is 279 g/mol. The van der Waals surface area contributed by atoms with Gasteiger partial charge in [0, 0.05) is 18.3 Å². The number of nitrogens with one attached hydrogen (secondary N) is 2. The molecule has 98 valence electrons. The number of halogens is 1. The number of sulfonamides is 1. The van der Waals surface area contributed by atoms with E-state index >= 15 is 0 Å². The van der Waals surface area contributed by atoms with Gasteiger partial charge >= 0.3 is 0 Å². The van der Waals surface area contributed by atoms with Crippen LogP contribution in [0.4, 0.5) is 0 Å². The van der Waals surface area contributed by atoms with E-state index in [9.17, 15) is 8.42 Å². The molecule has 0 amide bonds. The van der Waals surface area contributed by atoms with Crippen LogP contribution in [-0.4, -0.2) is 30.3 Å². The highest BCUT2D eigenvalue weighted by Gasteiger charge is 2.22. The van der Waals surface area contributed by atoms with Crippen molar-refractivity contribution < 1.29 is 8.42 Å². The average molecular weight is 280 g/mol. The molecule has 0 aliphatic carbocycles. The van der Waals surface area contributed by atoms with Gasteiger partial charge in [-0.25, -0.2) is 18.1 Å². The van der Waals surface area contributed by atoms with Gasteiger partial charge < -0.3 is 4.98 Å². The van der Waals surface area contributed by atoms with E-state index in [-0.39, 0.29) is 17.0 Å². The molecule has 7 heteroatoms. The Morgan fingerprint density at radius 3 is 2.65 bits per heavy atom. The smallest absolute Gasteiger partial charge is 0.257 e. The first-order valence-corrected chi connectivity index (χ1v) is 7.54. The van der Waals surface area contributed by atoms with Gasteiger partial charge in [-0.2, -0.15) is 0 Å². The van der Waals surface area contributed by atoms with Crippen molar-refractivity contribution in [2.75, 3.05) is 5.88 Å². The molecule has 0 aliphatic rings. The quantitative estimate of drug-likeness (QED) is 0.775. The number of aromatic amines is 1. The predicted octanol–water partition coefficient (Wildman–Crippen LogP) is 1.51. The Morgan fingerprint density at radius 1 is 1.53 bits per heavy atom. The minimum absolute atomic E-state index is 0.0695. The summed E-state index contributed by atoms with van der Waals surface area (Å²) in [6, 6.07) is -0.217. The molecule has 17 heavy (non-hydrogen) atoms. The number of H-pyrrole nitrogens is 1. The third-order valence-corrected chi connectivity index (χ3v) is 4.62. The number of alkyl halides is 1. The summed E-state index contributed by atoms with van der Waals surface area (Å²) in [5, 5.41) is 0.1000. The minimum atomic E-state index is -3.53. The molecule has 1 aromatic rings. The number of imidazole rings is 1. The molecule has 0 aliphatic heterocycles. The molecular formula is C10H18ClN3O2S. The van der Waals surface area contributed by atoms with Gasteiger partial charge in [0.2, 0.25) is 0 Å². The fourth-order valence-electron chi connectivity index (χ4n) is 1.22. The number of hydrogen-bond acceptors (Lipinski definition) is 3. The molecule has 1 heterocycles. The lowest BCUT2D eigenvalue weighted by molar-refractivity contribution is 0.479. The highest BCUT2D eigenvalue weighted by atomic mass is 35.5. The summed E-state index contributed by atoms with van der Waals surface area (Å²) in [7, 11) is -3.53. The largest absolute Gasteiger partial charge is 0.332 e. The normalized spacial score (nSPS) is 15.8. The van der Waals surface area contributed by atoms with Crippen LogP contribution in [0, 0.1) is 5.92 Å². The van der Waals surface area contributed by atoms with Gasteiger partial charge in [0.15, 0.2) is 5.03 Å². The molecule has 0 saturated carbocycles. The first-order chi connectivity index (χ1) is 7.90. The van der Waals surface area contributed by atoms with Crippen LogP contribution in [0.3, 0.4) is 0 Å². The first kappa shape index (κ1) is 14.5. The van der Waals surface area contributed by atoms with Crippen LogP contribution < -0.4 is 4.72 Å². The number of hydrogen-bond donors (Lipinski definition) is 2. The summed E-state index contributed by atoms with van der Waals surface area (Å²) in [5.74, 6) is 1.13. The SMILES string of the molecule is CCc1ncc(S(=O)(=O)NC(C)C(C)CCl)[nH]1. The van der Waals surface area contributed by atoms with Crippen molar-refractivity contribution in [2.45, 2.75) is 38.3 Å². The van der Waals surface area contributed by atoms with Gasteiger partial charge in [-0.1, -0.05) is 13.8 Å². The summed E-state index contributed by atoms with van der Waals surface area (Å²) in [4.78, 5) is 6.74. The second kappa shape index (κ2) is 5.84. The van der Waals surface area contributed by atoms with Gasteiger partial charge in [-0.15, -0.1) is 11.6 Å². The van der Waals surface area contributed by atoms with E-state index in [4.69, 9.17) is 11.6 Å². The van der Waals surface area contributed by atoms with Crippen LogP contribution in [-0.2, 0) is 16.4 Å². The Morgan fingerprint density at radius 2 is 2.18 bits per heavy atom. The highest BCUT2D eigenvalue weighted by Crippen LogP contribution is 2.11. The third kappa shape index (κ3) is 3.69. The predicted molar refractivity (Wildman–Crippen MR) is 67.6 cm³/mol. The fourth-order valence-corrected chi connectivity index (χ4v) is 2.78. The van der Waals surface area contributed by atoms with Crippen LogP contribution in [0.1, 0.15) is 26.6 Å². The molecule has 5 nitrogen and oxygen atoms in total. The van der Waals surface area contributed by atoms with Gasteiger partial charge in [0.05, 0.1) is 6.20 Å². The van der Waals surface area contributed by atoms with E-state index in [0.29, 0.717) is 18.1 Å². The topological polar surface area (TPSA) is 74.8 Å². The molecule has 2 unspecified atom stereocenters.